The summed E-state index contributed by atoms with van der Waals surface area (Å²) in [6, 6.07) is 17.6. The molecule has 0 bridgehead atoms. The lowest BCUT2D eigenvalue weighted by Gasteiger charge is -2.13. The van der Waals surface area contributed by atoms with Gasteiger partial charge >= 0.3 is 5.97 Å². The van der Waals surface area contributed by atoms with E-state index in [0.717, 1.165) is 11.1 Å². The molecular formula is C22H21N3O4. The number of benzene rings is 2. The first-order valence-corrected chi connectivity index (χ1v) is 9.12. The van der Waals surface area contributed by atoms with E-state index in [1.165, 1.54) is 6.92 Å². The number of esters is 1. The van der Waals surface area contributed by atoms with Crippen molar-refractivity contribution in [2.24, 2.45) is 0 Å². The van der Waals surface area contributed by atoms with Crippen molar-refractivity contribution in [3.63, 3.8) is 0 Å². The summed E-state index contributed by atoms with van der Waals surface area (Å²) in [6.07, 6.45) is 0. The van der Waals surface area contributed by atoms with Crippen molar-refractivity contribution >= 4 is 17.7 Å². The highest BCUT2D eigenvalue weighted by Crippen LogP contribution is 2.17. The van der Waals surface area contributed by atoms with Gasteiger partial charge in [0.05, 0.1) is 11.7 Å². The molecule has 0 spiro atoms. The predicted octanol–water partition coefficient (Wildman–Crippen LogP) is 3.31. The Kier molecular flexibility index (Phi) is 6.19. The number of amides is 1. The molecule has 7 nitrogen and oxygen atoms in total. The first-order chi connectivity index (χ1) is 13.9. The molecule has 29 heavy (non-hydrogen) atoms. The number of H-pyrrole nitrogens is 1. The van der Waals surface area contributed by atoms with Gasteiger partial charge < -0.3 is 10.1 Å². The van der Waals surface area contributed by atoms with Gasteiger partial charge in [0.15, 0.2) is 12.4 Å². The van der Waals surface area contributed by atoms with Crippen LogP contribution < -0.4 is 5.32 Å². The molecule has 0 radical (unpaired) electrons. The largest absolute Gasteiger partial charge is 0.453 e. The van der Waals surface area contributed by atoms with Crippen molar-refractivity contribution in [2.75, 3.05) is 6.61 Å². The Morgan fingerprint density at radius 3 is 2.41 bits per heavy atom. The van der Waals surface area contributed by atoms with E-state index in [1.54, 1.807) is 30.3 Å². The van der Waals surface area contributed by atoms with E-state index in [0.29, 0.717) is 11.3 Å². The van der Waals surface area contributed by atoms with Crippen LogP contribution in [0.15, 0.2) is 60.7 Å². The summed E-state index contributed by atoms with van der Waals surface area (Å²) in [5.41, 5.74) is 2.96. The van der Waals surface area contributed by atoms with Crippen LogP contribution in [0.2, 0.25) is 0 Å². The van der Waals surface area contributed by atoms with Crippen LogP contribution in [-0.4, -0.2) is 34.5 Å². The smallest absolute Gasteiger partial charge is 0.356 e. The van der Waals surface area contributed by atoms with Gasteiger partial charge in [0.2, 0.25) is 5.91 Å². The van der Waals surface area contributed by atoms with Crippen LogP contribution in [0.4, 0.5) is 0 Å². The third-order valence-electron chi connectivity index (χ3n) is 4.35. The van der Waals surface area contributed by atoms with Crippen LogP contribution in [0.1, 0.15) is 46.3 Å². The van der Waals surface area contributed by atoms with Gasteiger partial charge in [0, 0.05) is 18.1 Å². The molecule has 1 atom stereocenters. The summed E-state index contributed by atoms with van der Waals surface area (Å²) >= 11 is 0. The molecule has 3 aromatic rings. The summed E-state index contributed by atoms with van der Waals surface area (Å²) in [5, 5.41) is 9.51. The second-order valence-corrected chi connectivity index (χ2v) is 6.58. The number of ether oxygens (including phenoxy) is 1. The van der Waals surface area contributed by atoms with E-state index in [1.807, 2.05) is 37.3 Å². The summed E-state index contributed by atoms with van der Waals surface area (Å²) in [7, 11) is 0. The average Bonchev–Trinajstić information content (AvgIpc) is 3.22. The van der Waals surface area contributed by atoms with Gasteiger partial charge in [-0.05, 0) is 18.6 Å². The molecule has 0 fully saturated rings. The fourth-order valence-corrected chi connectivity index (χ4v) is 2.82. The molecular weight excluding hydrogens is 370 g/mol. The van der Waals surface area contributed by atoms with Crippen molar-refractivity contribution in [2.45, 2.75) is 19.9 Å². The Morgan fingerprint density at radius 1 is 1.07 bits per heavy atom. The van der Waals surface area contributed by atoms with Crippen LogP contribution in [0.25, 0.3) is 11.3 Å². The van der Waals surface area contributed by atoms with E-state index in [4.69, 9.17) is 4.74 Å². The molecule has 3 rings (SSSR count). The zero-order chi connectivity index (χ0) is 20.8. The van der Waals surface area contributed by atoms with Crippen LogP contribution in [0.5, 0.6) is 0 Å². The highest BCUT2D eigenvalue weighted by Gasteiger charge is 2.15. The number of nitrogens with zero attached hydrogens (tertiary/aromatic N) is 1. The summed E-state index contributed by atoms with van der Waals surface area (Å²) in [4.78, 5) is 35.6. The number of carbonyl (C=O) groups excluding carboxylic acids is 3. The number of aromatic amines is 1. The summed E-state index contributed by atoms with van der Waals surface area (Å²) in [5.74, 6) is -1.09. The fraction of sp³-hybridized carbons (Fsp3) is 0.182. The fourth-order valence-electron chi connectivity index (χ4n) is 2.82. The van der Waals surface area contributed by atoms with Crippen LogP contribution in [-0.2, 0) is 9.53 Å². The lowest BCUT2D eigenvalue weighted by molar-refractivity contribution is -0.119. The molecule has 0 aliphatic rings. The number of nitrogens with one attached hydrogen (secondary N) is 2. The minimum Gasteiger partial charge on any atom is -0.453 e. The van der Waals surface area contributed by atoms with Gasteiger partial charge in [-0.15, -0.1) is 0 Å². The zero-order valence-electron chi connectivity index (χ0n) is 16.1. The Morgan fingerprint density at radius 2 is 1.76 bits per heavy atom. The van der Waals surface area contributed by atoms with E-state index < -0.39 is 5.97 Å². The van der Waals surface area contributed by atoms with E-state index in [-0.39, 0.29) is 30.0 Å². The molecule has 7 heteroatoms. The van der Waals surface area contributed by atoms with Gasteiger partial charge in [0.1, 0.15) is 5.69 Å². The third kappa shape index (κ3) is 5.16. The number of aromatic nitrogens is 2. The van der Waals surface area contributed by atoms with Crippen molar-refractivity contribution < 1.29 is 19.1 Å². The zero-order valence-corrected chi connectivity index (χ0v) is 16.1. The number of rotatable bonds is 7. The second kappa shape index (κ2) is 8.97. The van der Waals surface area contributed by atoms with Gasteiger partial charge in [0.25, 0.3) is 0 Å². The standard InChI is InChI=1S/C22H21N3O4/c1-14(23-15(2)26)16-8-10-18(11-9-16)21(27)13-29-22(28)20-12-19(24-25-20)17-6-4-3-5-7-17/h3-12,14H,13H2,1-2H3,(H,23,26)(H,24,25)/t14-/m0/s1. The van der Waals surface area contributed by atoms with E-state index in [9.17, 15) is 14.4 Å². The summed E-state index contributed by atoms with van der Waals surface area (Å²) in [6.45, 7) is 2.93. The Balaban J connectivity index is 1.57. The van der Waals surface area contributed by atoms with Gasteiger partial charge in [-0.2, -0.15) is 5.10 Å². The minimum atomic E-state index is -0.649. The number of ketones is 1. The molecule has 148 valence electrons. The van der Waals surface area contributed by atoms with Gasteiger partial charge in [-0.3, -0.25) is 14.7 Å². The predicted molar refractivity (Wildman–Crippen MR) is 107 cm³/mol. The highest BCUT2D eigenvalue weighted by molar-refractivity contribution is 5.99. The molecule has 0 aliphatic carbocycles. The lowest BCUT2D eigenvalue weighted by atomic mass is 10.0. The molecule has 1 heterocycles. The third-order valence-corrected chi connectivity index (χ3v) is 4.35. The Labute approximate surface area is 168 Å². The molecule has 0 saturated carbocycles. The second-order valence-electron chi connectivity index (χ2n) is 6.58. The first kappa shape index (κ1) is 20.0. The molecule has 0 aliphatic heterocycles. The van der Waals surface area contributed by atoms with Crippen molar-refractivity contribution in [3.05, 3.63) is 77.5 Å². The first-order valence-electron chi connectivity index (χ1n) is 9.12. The number of Topliss-reactive ketones (excluding diaryl/α,β-unsaturated/α-hetero) is 1. The molecule has 0 unspecified atom stereocenters. The molecule has 0 saturated heterocycles. The van der Waals surface area contributed by atoms with Crippen LogP contribution in [0.3, 0.4) is 0 Å². The molecule has 1 amide bonds. The average molecular weight is 391 g/mol. The van der Waals surface area contributed by atoms with Crippen molar-refractivity contribution in [3.8, 4) is 11.3 Å². The topological polar surface area (TPSA) is 101 Å². The minimum absolute atomic E-state index is 0.126. The molecule has 1 aromatic heterocycles. The maximum atomic E-state index is 12.3. The molecule has 2 N–H and O–H groups in total. The van der Waals surface area contributed by atoms with Crippen LogP contribution >= 0.6 is 0 Å². The van der Waals surface area contributed by atoms with Crippen molar-refractivity contribution in [1.29, 1.82) is 0 Å². The maximum absolute atomic E-state index is 12.3. The van der Waals surface area contributed by atoms with Gasteiger partial charge in [-0.25, -0.2) is 4.79 Å². The lowest BCUT2D eigenvalue weighted by Crippen LogP contribution is -2.23. The summed E-state index contributed by atoms with van der Waals surface area (Å²) < 4.78 is 5.11. The number of hydrogen-bond donors (Lipinski definition) is 2. The highest BCUT2D eigenvalue weighted by atomic mass is 16.5. The maximum Gasteiger partial charge on any atom is 0.356 e. The quantitative estimate of drug-likeness (QED) is 0.475. The number of hydrogen-bond acceptors (Lipinski definition) is 5. The Hall–Kier alpha value is -3.74. The monoisotopic (exact) mass is 391 g/mol. The van der Waals surface area contributed by atoms with Crippen LogP contribution in [0, 0.1) is 0 Å². The SMILES string of the molecule is CC(=O)N[C@@H](C)c1ccc(C(=O)COC(=O)c2cc(-c3ccccc3)n[nH]2)cc1. The number of carbonyl (C=O) groups is 3. The van der Waals surface area contributed by atoms with E-state index in [2.05, 4.69) is 15.5 Å². The van der Waals surface area contributed by atoms with E-state index >= 15 is 0 Å². The normalized spacial score (nSPS) is 11.5. The van der Waals surface area contributed by atoms with Crippen molar-refractivity contribution in [1.82, 2.24) is 15.5 Å². The van der Waals surface area contributed by atoms with Gasteiger partial charge in [-0.1, -0.05) is 54.6 Å². The molecule has 2 aromatic carbocycles. The Bertz CT molecular complexity index is 1010.